The van der Waals surface area contributed by atoms with Crippen LogP contribution in [-0.2, 0) is 0 Å². The summed E-state index contributed by atoms with van der Waals surface area (Å²) in [6.07, 6.45) is 3.44. The van der Waals surface area contributed by atoms with Crippen LogP contribution >= 0.6 is 0 Å². The summed E-state index contributed by atoms with van der Waals surface area (Å²) in [6.45, 7) is 4.69. The van der Waals surface area contributed by atoms with Crippen LogP contribution in [0.2, 0.25) is 0 Å². The van der Waals surface area contributed by atoms with Gasteiger partial charge in [0.2, 0.25) is 0 Å². The largest absolute Gasteiger partial charge is 0.493 e. The second-order valence-electron chi connectivity index (χ2n) is 4.70. The molecule has 1 atom stereocenters. The standard InChI is InChI=1S/C15H24O3/c1-12-7-8-15(14(11-12)13(2)17)18-10-6-4-3-5-9-16/h7-8,11,13,16-17H,3-6,9-10H2,1-2H3/t13-/m1/s1. The molecule has 0 saturated heterocycles. The van der Waals surface area contributed by atoms with Crippen LogP contribution in [0.5, 0.6) is 5.75 Å². The molecule has 0 aliphatic carbocycles. The number of rotatable bonds is 8. The van der Waals surface area contributed by atoms with Crippen molar-refractivity contribution in [2.24, 2.45) is 0 Å². The summed E-state index contributed by atoms with van der Waals surface area (Å²) in [6, 6.07) is 5.88. The van der Waals surface area contributed by atoms with Gasteiger partial charge in [0.05, 0.1) is 12.7 Å². The lowest BCUT2D eigenvalue weighted by Gasteiger charge is -2.14. The van der Waals surface area contributed by atoms with E-state index in [1.54, 1.807) is 6.92 Å². The van der Waals surface area contributed by atoms with E-state index in [9.17, 15) is 5.11 Å². The third-order valence-corrected chi connectivity index (χ3v) is 2.93. The number of hydrogen-bond acceptors (Lipinski definition) is 3. The Bertz CT molecular complexity index is 348. The van der Waals surface area contributed by atoms with Gasteiger partial charge in [0.15, 0.2) is 0 Å². The van der Waals surface area contributed by atoms with Crippen molar-refractivity contribution in [2.45, 2.75) is 45.6 Å². The van der Waals surface area contributed by atoms with Crippen LogP contribution in [0.3, 0.4) is 0 Å². The van der Waals surface area contributed by atoms with Gasteiger partial charge in [0.1, 0.15) is 5.75 Å². The topological polar surface area (TPSA) is 49.7 Å². The molecule has 1 aromatic rings. The van der Waals surface area contributed by atoms with E-state index in [0.29, 0.717) is 6.61 Å². The third-order valence-electron chi connectivity index (χ3n) is 2.93. The maximum atomic E-state index is 9.69. The van der Waals surface area contributed by atoms with E-state index < -0.39 is 6.10 Å². The monoisotopic (exact) mass is 252 g/mol. The van der Waals surface area contributed by atoms with E-state index in [-0.39, 0.29) is 6.61 Å². The van der Waals surface area contributed by atoms with Gasteiger partial charge in [-0.3, -0.25) is 0 Å². The number of hydrogen-bond donors (Lipinski definition) is 2. The van der Waals surface area contributed by atoms with E-state index in [0.717, 1.165) is 42.6 Å². The highest BCUT2D eigenvalue weighted by atomic mass is 16.5. The number of benzene rings is 1. The molecule has 0 aliphatic heterocycles. The maximum absolute atomic E-state index is 9.69. The predicted molar refractivity (Wildman–Crippen MR) is 72.9 cm³/mol. The third kappa shape index (κ3) is 5.07. The molecule has 0 saturated carbocycles. The van der Waals surface area contributed by atoms with E-state index in [2.05, 4.69) is 0 Å². The van der Waals surface area contributed by atoms with Crippen molar-refractivity contribution in [2.75, 3.05) is 13.2 Å². The van der Waals surface area contributed by atoms with Gasteiger partial charge >= 0.3 is 0 Å². The smallest absolute Gasteiger partial charge is 0.125 e. The second kappa shape index (κ2) is 8.11. The first-order chi connectivity index (χ1) is 8.65. The molecule has 0 heterocycles. The molecule has 0 fully saturated rings. The lowest BCUT2D eigenvalue weighted by molar-refractivity contribution is 0.190. The first-order valence-corrected chi connectivity index (χ1v) is 6.67. The molecule has 0 bridgehead atoms. The van der Waals surface area contributed by atoms with Crippen molar-refractivity contribution in [3.8, 4) is 5.75 Å². The molecule has 3 nitrogen and oxygen atoms in total. The van der Waals surface area contributed by atoms with Crippen molar-refractivity contribution in [3.05, 3.63) is 29.3 Å². The molecular formula is C15H24O3. The van der Waals surface area contributed by atoms with Crippen molar-refractivity contribution in [3.63, 3.8) is 0 Å². The zero-order valence-electron chi connectivity index (χ0n) is 11.4. The van der Waals surface area contributed by atoms with E-state index in [1.165, 1.54) is 0 Å². The average molecular weight is 252 g/mol. The highest BCUT2D eigenvalue weighted by Gasteiger charge is 2.09. The van der Waals surface area contributed by atoms with Gasteiger partial charge in [0, 0.05) is 12.2 Å². The Balaban J connectivity index is 2.42. The molecule has 1 rings (SSSR count). The predicted octanol–water partition coefficient (Wildman–Crippen LogP) is 2.98. The molecule has 3 heteroatoms. The number of aliphatic hydroxyl groups is 2. The van der Waals surface area contributed by atoms with Gasteiger partial charge in [-0.25, -0.2) is 0 Å². The van der Waals surface area contributed by atoms with Gasteiger partial charge in [-0.2, -0.15) is 0 Å². The Kier molecular flexibility index (Phi) is 6.76. The van der Waals surface area contributed by atoms with Crippen molar-refractivity contribution in [1.29, 1.82) is 0 Å². The van der Waals surface area contributed by atoms with Gasteiger partial charge in [0.25, 0.3) is 0 Å². The first-order valence-electron chi connectivity index (χ1n) is 6.67. The summed E-state index contributed by atoms with van der Waals surface area (Å²) >= 11 is 0. The molecule has 18 heavy (non-hydrogen) atoms. The summed E-state index contributed by atoms with van der Waals surface area (Å²) in [5, 5.41) is 18.4. The molecule has 0 aliphatic rings. The minimum Gasteiger partial charge on any atom is -0.493 e. The Labute approximate surface area is 109 Å². The molecule has 102 valence electrons. The zero-order valence-corrected chi connectivity index (χ0v) is 11.4. The van der Waals surface area contributed by atoms with Crippen molar-refractivity contribution in [1.82, 2.24) is 0 Å². The molecule has 0 aromatic heterocycles. The van der Waals surface area contributed by atoms with Crippen LogP contribution < -0.4 is 4.74 Å². The Hall–Kier alpha value is -1.06. The number of unbranched alkanes of at least 4 members (excludes halogenated alkanes) is 3. The minimum atomic E-state index is -0.505. The van der Waals surface area contributed by atoms with E-state index >= 15 is 0 Å². The molecule has 0 unspecified atom stereocenters. The zero-order chi connectivity index (χ0) is 13.4. The van der Waals surface area contributed by atoms with Gasteiger partial charge in [-0.1, -0.05) is 18.1 Å². The van der Waals surface area contributed by atoms with Crippen LogP contribution in [0.25, 0.3) is 0 Å². The summed E-state index contributed by atoms with van der Waals surface area (Å²) < 4.78 is 5.71. The molecule has 0 amide bonds. The summed E-state index contributed by atoms with van der Waals surface area (Å²) in [7, 11) is 0. The maximum Gasteiger partial charge on any atom is 0.125 e. The summed E-state index contributed by atoms with van der Waals surface area (Å²) in [4.78, 5) is 0. The van der Waals surface area contributed by atoms with Gasteiger partial charge < -0.3 is 14.9 Å². The fourth-order valence-corrected chi connectivity index (χ4v) is 1.88. The van der Waals surface area contributed by atoms with Crippen molar-refractivity contribution >= 4 is 0 Å². The highest BCUT2D eigenvalue weighted by molar-refractivity contribution is 5.38. The normalized spacial score (nSPS) is 12.4. The molecular weight excluding hydrogens is 228 g/mol. The Morgan fingerprint density at radius 3 is 2.56 bits per heavy atom. The minimum absolute atomic E-state index is 0.269. The number of aliphatic hydroxyl groups excluding tert-OH is 2. The van der Waals surface area contributed by atoms with Crippen LogP contribution in [-0.4, -0.2) is 23.4 Å². The number of aryl methyl sites for hydroxylation is 1. The second-order valence-corrected chi connectivity index (χ2v) is 4.70. The molecule has 0 radical (unpaired) electrons. The van der Waals surface area contributed by atoms with E-state index in [1.807, 2.05) is 25.1 Å². The lowest BCUT2D eigenvalue weighted by Crippen LogP contribution is -2.03. The first kappa shape index (κ1) is 15.0. The molecule has 1 aromatic carbocycles. The molecule has 0 spiro atoms. The fourth-order valence-electron chi connectivity index (χ4n) is 1.88. The van der Waals surface area contributed by atoms with Gasteiger partial charge in [-0.15, -0.1) is 0 Å². The Morgan fingerprint density at radius 2 is 1.89 bits per heavy atom. The quantitative estimate of drug-likeness (QED) is 0.699. The van der Waals surface area contributed by atoms with Gasteiger partial charge in [-0.05, 0) is 45.2 Å². The van der Waals surface area contributed by atoms with Crippen LogP contribution in [0.4, 0.5) is 0 Å². The van der Waals surface area contributed by atoms with Crippen LogP contribution in [0.15, 0.2) is 18.2 Å². The van der Waals surface area contributed by atoms with Crippen molar-refractivity contribution < 1.29 is 14.9 Å². The highest BCUT2D eigenvalue weighted by Crippen LogP contribution is 2.26. The molecule has 2 N–H and O–H groups in total. The van der Waals surface area contributed by atoms with Crippen LogP contribution in [0.1, 0.15) is 49.8 Å². The fraction of sp³-hybridized carbons (Fsp3) is 0.600. The Morgan fingerprint density at radius 1 is 1.17 bits per heavy atom. The summed E-state index contributed by atoms with van der Waals surface area (Å²) in [5.74, 6) is 0.776. The lowest BCUT2D eigenvalue weighted by atomic mass is 10.1. The summed E-state index contributed by atoms with van der Waals surface area (Å²) in [5.41, 5.74) is 1.98. The van der Waals surface area contributed by atoms with Crippen LogP contribution in [0, 0.1) is 6.92 Å². The average Bonchev–Trinajstić information content (AvgIpc) is 2.35. The van der Waals surface area contributed by atoms with E-state index in [4.69, 9.17) is 9.84 Å². The SMILES string of the molecule is Cc1ccc(OCCCCCCO)c([C@@H](C)O)c1. The number of ether oxygens (including phenoxy) is 1.